The second kappa shape index (κ2) is 4.59. The summed E-state index contributed by atoms with van der Waals surface area (Å²) < 4.78 is 1.76. The zero-order valence-corrected chi connectivity index (χ0v) is 10.6. The number of carbonyl (C=O) groups excluding carboxylic acids is 1. The minimum absolute atomic E-state index is 0.135. The van der Waals surface area contributed by atoms with E-state index in [1.807, 2.05) is 20.8 Å². The average molecular weight is 248 g/mol. The Morgan fingerprint density at radius 1 is 1.50 bits per heavy atom. The lowest BCUT2D eigenvalue weighted by atomic mass is 10.1. The molecule has 2 heterocycles. The van der Waals surface area contributed by atoms with Gasteiger partial charge in [0.25, 0.3) is 5.91 Å². The van der Waals surface area contributed by atoms with Crippen LogP contribution in [0.25, 0.3) is 0 Å². The third-order valence-corrected chi connectivity index (χ3v) is 2.41. The normalized spacial score (nSPS) is 11.5. The summed E-state index contributed by atoms with van der Waals surface area (Å²) in [6.07, 6.45) is 4.69. The van der Waals surface area contributed by atoms with Crippen LogP contribution in [-0.4, -0.2) is 30.9 Å². The van der Waals surface area contributed by atoms with Gasteiger partial charge in [-0.15, -0.1) is 0 Å². The van der Waals surface area contributed by atoms with Gasteiger partial charge in [-0.1, -0.05) is 0 Å². The molecule has 0 bridgehead atoms. The lowest BCUT2D eigenvalue weighted by Gasteiger charge is -2.18. The maximum atomic E-state index is 11.9. The third kappa shape index (κ3) is 2.73. The SMILES string of the molecule is CC(C)(C)n1cc(C(=O)NCc2ncn[nH]2)cn1. The second-order valence-corrected chi connectivity index (χ2v) is 4.96. The van der Waals surface area contributed by atoms with Crippen LogP contribution < -0.4 is 5.32 Å². The van der Waals surface area contributed by atoms with Crippen LogP contribution in [0.15, 0.2) is 18.7 Å². The molecule has 0 spiro atoms. The molecule has 2 rings (SSSR count). The van der Waals surface area contributed by atoms with E-state index in [1.165, 1.54) is 6.33 Å². The molecule has 2 aromatic heterocycles. The Balaban J connectivity index is 1.99. The fraction of sp³-hybridized carbons (Fsp3) is 0.455. The molecule has 0 fully saturated rings. The zero-order valence-electron chi connectivity index (χ0n) is 10.6. The van der Waals surface area contributed by atoms with Gasteiger partial charge >= 0.3 is 0 Å². The molecule has 0 aliphatic heterocycles. The van der Waals surface area contributed by atoms with Gasteiger partial charge in [0, 0.05) is 6.20 Å². The number of nitrogens with zero attached hydrogens (tertiary/aromatic N) is 4. The highest BCUT2D eigenvalue weighted by Crippen LogP contribution is 2.13. The molecule has 0 unspecified atom stereocenters. The van der Waals surface area contributed by atoms with E-state index in [1.54, 1.807) is 17.1 Å². The first-order valence-electron chi connectivity index (χ1n) is 5.64. The van der Waals surface area contributed by atoms with Crippen molar-refractivity contribution in [1.29, 1.82) is 0 Å². The Labute approximate surface area is 105 Å². The number of hydrogen-bond donors (Lipinski definition) is 2. The molecule has 0 aliphatic carbocycles. The first-order chi connectivity index (χ1) is 8.47. The molecule has 0 saturated heterocycles. The molecule has 0 atom stereocenters. The molecular formula is C11H16N6O. The minimum Gasteiger partial charge on any atom is -0.345 e. The van der Waals surface area contributed by atoms with E-state index < -0.39 is 0 Å². The molecule has 0 aliphatic rings. The van der Waals surface area contributed by atoms with Crippen molar-refractivity contribution in [1.82, 2.24) is 30.3 Å². The number of amides is 1. The summed E-state index contributed by atoms with van der Waals surface area (Å²) in [6.45, 7) is 6.39. The maximum Gasteiger partial charge on any atom is 0.254 e. The van der Waals surface area contributed by atoms with E-state index in [0.29, 0.717) is 17.9 Å². The van der Waals surface area contributed by atoms with E-state index in [4.69, 9.17) is 0 Å². The topological polar surface area (TPSA) is 88.5 Å². The summed E-state index contributed by atoms with van der Waals surface area (Å²) in [6, 6.07) is 0. The van der Waals surface area contributed by atoms with E-state index in [-0.39, 0.29) is 11.4 Å². The van der Waals surface area contributed by atoms with E-state index in [2.05, 4.69) is 25.6 Å². The van der Waals surface area contributed by atoms with Crippen molar-refractivity contribution in [3.8, 4) is 0 Å². The third-order valence-electron chi connectivity index (χ3n) is 2.41. The molecule has 0 saturated carbocycles. The molecular weight excluding hydrogens is 232 g/mol. The number of H-pyrrole nitrogens is 1. The van der Waals surface area contributed by atoms with E-state index in [9.17, 15) is 4.79 Å². The summed E-state index contributed by atoms with van der Waals surface area (Å²) >= 11 is 0. The first-order valence-corrected chi connectivity index (χ1v) is 5.64. The van der Waals surface area contributed by atoms with Gasteiger partial charge in [0.15, 0.2) is 0 Å². The molecule has 0 radical (unpaired) electrons. The van der Waals surface area contributed by atoms with Crippen molar-refractivity contribution >= 4 is 5.91 Å². The molecule has 2 aromatic rings. The van der Waals surface area contributed by atoms with Gasteiger partial charge in [-0.05, 0) is 20.8 Å². The molecule has 1 amide bonds. The van der Waals surface area contributed by atoms with Crippen molar-refractivity contribution in [3.63, 3.8) is 0 Å². The predicted molar refractivity (Wildman–Crippen MR) is 64.8 cm³/mol. The monoisotopic (exact) mass is 248 g/mol. The summed E-state index contributed by atoms with van der Waals surface area (Å²) in [7, 11) is 0. The highest BCUT2D eigenvalue weighted by atomic mass is 16.1. The van der Waals surface area contributed by atoms with Crippen LogP contribution in [0.1, 0.15) is 37.0 Å². The fourth-order valence-corrected chi connectivity index (χ4v) is 1.39. The molecule has 7 nitrogen and oxygen atoms in total. The van der Waals surface area contributed by atoms with E-state index in [0.717, 1.165) is 0 Å². The standard InChI is InChI=1S/C11H16N6O/c1-11(2,3)17-6-8(4-15-17)10(18)12-5-9-13-7-14-16-9/h4,6-7H,5H2,1-3H3,(H,12,18)(H,13,14,16). The van der Waals surface area contributed by atoms with Crippen molar-refractivity contribution in [3.05, 3.63) is 30.1 Å². The van der Waals surface area contributed by atoms with Crippen molar-refractivity contribution in [2.75, 3.05) is 0 Å². The van der Waals surface area contributed by atoms with Gasteiger partial charge in [0.1, 0.15) is 12.2 Å². The van der Waals surface area contributed by atoms with Crippen molar-refractivity contribution in [2.24, 2.45) is 0 Å². The van der Waals surface area contributed by atoms with Crippen LogP contribution in [0.5, 0.6) is 0 Å². The lowest BCUT2D eigenvalue weighted by Crippen LogP contribution is -2.24. The number of aromatic amines is 1. The zero-order chi connectivity index (χ0) is 13.2. The number of hydrogen-bond acceptors (Lipinski definition) is 4. The number of carbonyl (C=O) groups is 1. The average Bonchev–Trinajstić information content (AvgIpc) is 2.96. The van der Waals surface area contributed by atoms with Gasteiger partial charge in [0.2, 0.25) is 0 Å². The van der Waals surface area contributed by atoms with Gasteiger partial charge < -0.3 is 5.32 Å². The maximum absolute atomic E-state index is 11.9. The van der Waals surface area contributed by atoms with Crippen LogP contribution in [0.2, 0.25) is 0 Å². The second-order valence-electron chi connectivity index (χ2n) is 4.96. The van der Waals surface area contributed by atoms with Crippen LogP contribution >= 0.6 is 0 Å². The lowest BCUT2D eigenvalue weighted by molar-refractivity contribution is 0.0949. The van der Waals surface area contributed by atoms with Crippen LogP contribution in [0.4, 0.5) is 0 Å². The first kappa shape index (κ1) is 12.3. The van der Waals surface area contributed by atoms with Crippen LogP contribution in [-0.2, 0) is 12.1 Å². The van der Waals surface area contributed by atoms with Gasteiger partial charge in [-0.2, -0.15) is 10.2 Å². The van der Waals surface area contributed by atoms with E-state index >= 15 is 0 Å². The smallest absolute Gasteiger partial charge is 0.254 e. The van der Waals surface area contributed by atoms with Gasteiger partial charge in [0.05, 0.1) is 23.8 Å². The molecule has 2 N–H and O–H groups in total. The highest BCUT2D eigenvalue weighted by Gasteiger charge is 2.16. The molecule has 18 heavy (non-hydrogen) atoms. The van der Waals surface area contributed by atoms with Crippen molar-refractivity contribution < 1.29 is 4.79 Å². The largest absolute Gasteiger partial charge is 0.345 e. The highest BCUT2D eigenvalue weighted by molar-refractivity contribution is 5.93. The Morgan fingerprint density at radius 2 is 2.28 bits per heavy atom. The number of rotatable bonds is 3. The van der Waals surface area contributed by atoms with Gasteiger partial charge in [-0.3, -0.25) is 14.6 Å². The predicted octanol–water partition coefficient (Wildman–Crippen LogP) is 0.686. The summed E-state index contributed by atoms with van der Waals surface area (Å²) in [5.41, 5.74) is 0.396. The van der Waals surface area contributed by atoms with Crippen LogP contribution in [0.3, 0.4) is 0 Å². The summed E-state index contributed by atoms with van der Waals surface area (Å²) in [5, 5.41) is 13.3. The molecule has 96 valence electrons. The Bertz CT molecular complexity index is 522. The van der Waals surface area contributed by atoms with Crippen molar-refractivity contribution in [2.45, 2.75) is 32.9 Å². The Morgan fingerprint density at radius 3 is 2.83 bits per heavy atom. The quantitative estimate of drug-likeness (QED) is 0.836. The Hall–Kier alpha value is -2.18. The Kier molecular flexibility index (Phi) is 3.14. The van der Waals surface area contributed by atoms with Crippen LogP contribution in [0, 0.1) is 0 Å². The summed E-state index contributed by atoms with van der Waals surface area (Å²) in [5.74, 6) is 0.438. The van der Waals surface area contributed by atoms with Gasteiger partial charge in [-0.25, -0.2) is 4.98 Å². The number of nitrogens with one attached hydrogen (secondary N) is 2. The summed E-state index contributed by atoms with van der Waals surface area (Å²) in [4.78, 5) is 15.8. The molecule has 0 aromatic carbocycles. The molecule has 7 heteroatoms. The minimum atomic E-state index is -0.179. The fourth-order valence-electron chi connectivity index (χ4n) is 1.39. The number of aromatic nitrogens is 5.